The van der Waals surface area contributed by atoms with Crippen LogP contribution in [0.15, 0.2) is 30.4 Å². The van der Waals surface area contributed by atoms with E-state index in [1.807, 2.05) is 13.0 Å². The summed E-state index contributed by atoms with van der Waals surface area (Å²) in [5.74, 6) is -0.0909. The van der Waals surface area contributed by atoms with E-state index in [1.54, 1.807) is 24.1 Å². The van der Waals surface area contributed by atoms with Crippen LogP contribution in [-0.2, 0) is 11.2 Å². The molecule has 0 unspecified atom stereocenters. The molecule has 1 aromatic rings. The maximum atomic E-state index is 12.1. The Bertz CT molecular complexity index is 535. The summed E-state index contributed by atoms with van der Waals surface area (Å²) in [4.78, 5) is 25.0. The molecule has 0 saturated carbocycles. The molecular weight excluding hydrogens is 228 g/mol. The molecule has 1 aromatic carbocycles. The minimum absolute atomic E-state index is 0.0233. The van der Waals surface area contributed by atoms with Crippen molar-refractivity contribution in [3.05, 3.63) is 41.5 Å². The summed E-state index contributed by atoms with van der Waals surface area (Å²) in [7, 11) is 1.74. The third-order valence-electron chi connectivity index (χ3n) is 2.84. The van der Waals surface area contributed by atoms with E-state index >= 15 is 0 Å². The minimum Gasteiger partial charge on any atom is -0.338 e. The number of fused-ring (bicyclic) bond motifs is 1. The van der Waals surface area contributed by atoms with Gasteiger partial charge in [-0.1, -0.05) is 18.2 Å². The van der Waals surface area contributed by atoms with Crippen LogP contribution >= 0.6 is 0 Å². The van der Waals surface area contributed by atoms with Crippen LogP contribution in [0.2, 0.25) is 0 Å². The molecule has 1 aliphatic rings. The molecule has 0 aromatic heterocycles. The molecule has 18 heavy (non-hydrogen) atoms. The lowest BCUT2D eigenvalue weighted by molar-refractivity contribution is -0.115. The van der Waals surface area contributed by atoms with E-state index in [4.69, 9.17) is 0 Å². The number of hydrogen-bond acceptors (Lipinski definition) is 2. The number of benzene rings is 1. The Morgan fingerprint density at radius 1 is 1.50 bits per heavy atom. The van der Waals surface area contributed by atoms with Crippen molar-refractivity contribution in [3.8, 4) is 0 Å². The fourth-order valence-corrected chi connectivity index (χ4v) is 2.04. The summed E-state index contributed by atoms with van der Waals surface area (Å²) >= 11 is 0. The summed E-state index contributed by atoms with van der Waals surface area (Å²) < 4.78 is 0. The second kappa shape index (κ2) is 4.64. The number of amides is 2. The van der Waals surface area contributed by atoms with Gasteiger partial charge in [0.15, 0.2) is 0 Å². The molecule has 0 bridgehead atoms. The molecule has 2 rings (SSSR count). The van der Waals surface area contributed by atoms with Crippen molar-refractivity contribution >= 4 is 17.5 Å². The predicted molar refractivity (Wildman–Crippen MR) is 70.6 cm³/mol. The van der Waals surface area contributed by atoms with Crippen molar-refractivity contribution in [2.24, 2.45) is 0 Å². The third kappa shape index (κ3) is 2.42. The first kappa shape index (κ1) is 12.4. The fraction of sp³-hybridized carbons (Fsp3) is 0.286. The van der Waals surface area contributed by atoms with Gasteiger partial charge >= 0.3 is 0 Å². The van der Waals surface area contributed by atoms with Crippen LogP contribution in [0.1, 0.15) is 22.8 Å². The second-order valence-electron chi connectivity index (χ2n) is 4.72. The topological polar surface area (TPSA) is 49.4 Å². The molecule has 2 amide bonds. The Labute approximate surface area is 106 Å². The van der Waals surface area contributed by atoms with E-state index in [9.17, 15) is 9.59 Å². The van der Waals surface area contributed by atoms with Gasteiger partial charge in [-0.05, 0) is 24.6 Å². The van der Waals surface area contributed by atoms with E-state index in [0.717, 1.165) is 16.8 Å². The highest BCUT2D eigenvalue weighted by Gasteiger charge is 2.20. The lowest BCUT2D eigenvalue weighted by atomic mass is 10.1. The Morgan fingerprint density at radius 2 is 2.22 bits per heavy atom. The minimum atomic E-state index is -0.0676. The zero-order valence-electron chi connectivity index (χ0n) is 10.6. The summed E-state index contributed by atoms with van der Waals surface area (Å²) in [6.45, 7) is 6.20. The van der Waals surface area contributed by atoms with E-state index in [-0.39, 0.29) is 11.8 Å². The first-order valence-corrected chi connectivity index (χ1v) is 5.80. The lowest BCUT2D eigenvalue weighted by Crippen LogP contribution is -2.28. The van der Waals surface area contributed by atoms with Gasteiger partial charge in [0, 0.05) is 24.8 Å². The lowest BCUT2D eigenvalue weighted by Gasteiger charge is -2.17. The number of nitrogens with one attached hydrogen (secondary N) is 1. The Balaban J connectivity index is 2.20. The summed E-state index contributed by atoms with van der Waals surface area (Å²) in [6.07, 6.45) is 0.394. The number of anilines is 1. The highest BCUT2D eigenvalue weighted by molar-refractivity contribution is 6.02. The van der Waals surface area contributed by atoms with Gasteiger partial charge < -0.3 is 10.2 Å². The third-order valence-corrected chi connectivity index (χ3v) is 2.84. The van der Waals surface area contributed by atoms with Crippen LogP contribution in [0.5, 0.6) is 0 Å². The number of carbonyl (C=O) groups is 2. The summed E-state index contributed by atoms with van der Waals surface area (Å²) in [5, 5.41) is 2.75. The molecule has 4 heteroatoms. The van der Waals surface area contributed by atoms with Crippen LogP contribution in [0.3, 0.4) is 0 Å². The zero-order chi connectivity index (χ0) is 13.3. The van der Waals surface area contributed by atoms with Gasteiger partial charge in [-0.25, -0.2) is 0 Å². The maximum Gasteiger partial charge on any atom is 0.253 e. The largest absolute Gasteiger partial charge is 0.338 e. The van der Waals surface area contributed by atoms with E-state index < -0.39 is 0 Å². The number of hydrogen-bond donors (Lipinski definition) is 1. The second-order valence-corrected chi connectivity index (χ2v) is 4.72. The molecule has 1 heterocycles. The molecule has 0 saturated heterocycles. The smallest absolute Gasteiger partial charge is 0.253 e. The summed E-state index contributed by atoms with van der Waals surface area (Å²) in [5.41, 5.74) is 3.20. The normalized spacial score (nSPS) is 12.9. The Morgan fingerprint density at radius 3 is 2.89 bits per heavy atom. The highest BCUT2D eigenvalue weighted by Crippen LogP contribution is 2.24. The summed E-state index contributed by atoms with van der Waals surface area (Å²) in [6, 6.07) is 5.32. The predicted octanol–water partition coefficient (Wildman–Crippen LogP) is 1.83. The molecule has 1 N–H and O–H groups in total. The van der Waals surface area contributed by atoms with Gasteiger partial charge in [-0.15, -0.1) is 0 Å². The van der Waals surface area contributed by atoms with Crippen LogP contribution in [0.4, 0.5) is 5.69 Å². The fourth-order valence-electron chi connectivity index (χ4n) is 2.04. The Hall–Kier alpha value is -2.10. The van der Waals surface area contributed by atoms with Gasteiger partial charge in [-0.3, -0.25) is 9.59 Å². The number of rotatable bonds is 3. The first-order chi connectivity index (χ1) is 8.47. The SMILES string of the molecule is C=C(C)CN(C)C(=O)c1ccc2c(c1)NC(=O)C2. The average Bonchev–Trinajstić information content (AvgIpc) is 2.65. The van der Waals surface area contributed by atoms with Crippen molar-refractivity contribution in [1.82, 2.24) is 4.90 Å². The van der Waals surface area contributed by atoms with E-state index in [1.165, 1.54) is 0 Å². The molecule has 1 aliphatic heterocycles. The molecule has 94 valence electrons. The van der Waals surface area contributed by atoms with Crippen LogP contribution in [0.25, 0.3) is 0 Å². The van der Waals surface area contributed by atoms with Gasteiger partial charge in [0.2, 0.25) is 5.91 Å². The quantitative estimate of drug-likeness (QED) is 0.825. The molecule has 0 aliphatic carbocycles. The molecule has 0 spiro atoms. The van der Waals surface area contributed by atoms with Gasteiger partial charge in [0.25, 0.3) is 5.91 Å². The van der Waals surface area contributed by atoms with Crippen molar-refractivity contribution in [2.45, 2.75) is 13.3 Å². The monoisotopic (exact) mass is 244 g/mol. The molecule has 4 nitrogen and oxygen atoms in total. The van der Waals surface area contributed by atoms with Crippen molar-refractivity contribution in [1.29, 1.82) is 0 Å². The average molecular weight is 244 g/mol. The molecule has 0 fully saturated rings. The molecular formula is C14H16N2O2. The first-order valence-electron chi connectivity index (χ1n) is 5.80. The number of likely N-dealkylation sites (N-methyl/N-ethyl adjacent to an activating group) is 1. The van der Waals surface area contributed by atoms with E-state index in [0.29, 0.717) is 18.5 Å². The van der Waals surface area contributed by atoms with Crippen molar-refractivity contribution in [3.63, 3.8) is 0 Å². The number of carbonyl (C=O) groups excluding carboxylic acids is 2. The van der Waals surface area contributed by atoms with Gasteiger partial charge in [0.05, 0.1) is 6.42 Å². The number of nitrogens with zero attached hydrogens (tertiary/aromatic N) is 1. The highest BCUT2D eigenvalue weighted by atomic mass is 16.2. The Kier molecular flexibility index (Phi) is 3.19. The standard InChI is InChI=1S/C14H16N2O2/c1-9(2)8-16(3)14(18)11-5-4-10-7-13(17)15-12(10)6-11/h4-6H,1,7-8H2,2-3H3,(H,15,17). The molecule has 0 atom stereocenters. The van der Waals surface area contributed by atoms with Crippen molar-refractivity contribution < 1.29 is 9.59 Å². The van der Waals surface area contributed by atoms with Gasteiger partial charge in [-0.2, -0.15) is 0 Å². The maximum absolute atomic E-state index is 12.1. The van der Waals surface area contributed by atoms with Gasteiger partial charge in [0.1, 0.15) is 0 Å². The van der Waals surface area contributed by atoms with Crippen LogP contribution in [-0.4, -0.2) is 30.3 Å². The zero-order valence-corrected chi connectivity index (χ0v) is 10.6. The van der Waals surface area contributed by atoms with Crippen LogP contribution in [0, 0.1) is 0 Å². The van der Waals surface area contributed by atoms with E-state index in [2.05, 4.69) is 11.9 Å². The van der Waals surface area contributed by atoms with Crippen LogP contribution < -0.4 is 5.32 Å². The van der Waals surface area contributed by atoms with Crippen molar-refractivity contribution in [2.75, 3.05) is 18.9 Å². The molecule has 0 radical (unpaired) electrons.